The van der Waals surface area contributed by atoms with E-state index in [-0.39, 0.29) is 29.5 Å². The maximum Gasteiger partial charge on any atom is 0.224 e. The Morgan fingerprint density at radius 1 is 1.43 bits per heavy atom. The molecule has 1 aromatic carbocycles. The van der Waals surface area contributed by atoms with E-state index in [9.17, 15) is 4.79 Å². The number of thiol groups is 1. The van der Waals surface area contributed by atoms with Crippen molar-refractivity contribution in [3.05, 3.63) is 30.2 Å². The van der Waals surface area contributed by atoms with Gasteiger partial charge in [0.1, 0.15) is 12.1 Å². The second kappa shape index (κ2) is 7.05. The van der Waals surface area contributed by atoms with Gasteiger partial charge in [-0.05, 0) is 30.9 Å². The van der Waals surface area contributed by atoms with E-state index < -0.39 is 0 Å². The first-order valence-electron chi connectivity index (χ1n) is 7.89. The van der Waals surface area contributed by atoms with Crippen LogP contribution in [0.15, 0.2) is 28.7 Å². The van der Waals surface area contributed by atoms with E-state index in [4.69, 9.17) is 22.3 Å². The molecule has 3 unspecified atom stereocenters. The molecule has 6 heteroatoms. The zero-order valence-electron chi connectivity index (χ0n) is 12.7. The van der Waals surface area contributed by atoms with Crippen molar-refractivity contribution in [1.29, 1.82) is 5.26 Å². The summed E-state index contributed by atoms with van der Waals surface area (Å²) in [5.74, 6) is 0.430. The van der Waals surface area contributed by atoms with Crippen LogP contribution < -0.4 is 5.32 Å². The van der Waals surface area contributed by atoms with Crippen LogP contribution in [0, 0.1) is 23.2 Å². The van der Waals surface area contributed by atoms with Crippen LogP contribution in [-0.4, -0.2) is 17.4 Å². The molecule has 5 nitrogen and oxygen atoms in total. The minimum Gasteiger partial charge on any atom is -0.439 e. The number of carbonyl (C=O) groups is 1. The lowest BCUT2D eigenvalue weighted by atomic mass is 9.76. The summed E-state index contributed by atoms with van der Waals surface area (Å²) in [6.45, 7) is 0.0438. The summed E-state index contributed by atoms with van der Waals surface area (Å²) >= 11 is 4.72. The van der Waals surface area contributed by atoms with Crippen LogP contribution in [0.2, 0.25) is 0 Å². The van der Waals surface area contributed by atoms with Gasteiger partial charge in [0.15, 0.2) is 5.58 Å². The number of oxazole rings is 1. The highest BCUT2D eigenvalue weighted by molar-refractivity contribution is 7.80. The molecule has 1 amide bonds. The summed E-state index contributed by atoms with van der Waals surface area (Å²) in [5, 5.41) is 11.1. The van der Waals surface area contributed by atoms with Crippen LogP contribution in [0.4, 0.5) is 0 Å². The Bertz CT molecular complexity index is 704. The first kappa shape index (κ1) is 15.9. The van der Waals surface area contributed by atoms with Crippen molar-refractivity contribution in [2.45, 2.75) is 30.9 Å². The summed E-state index contributed by atoms with van der Waals surface area (Å²) in [6.07, 6.45) is 3.83. The fourth-order valence-electron chi connectivity index (χ4n) is 3.32. The predicted molar refractivity (Wildman–Crippen MR) is 89.8 cm³/mol. The average Bonchev–Trinajstić information content (AvgIpc) is 3.03. The average molecular weight is 329 g/mol. The van der Waals surface area contributed by atoms with E-state index in [0.717, 1.165) is 36.8 Å². The molecular weight excluding hydrogens is 310 g/mol. The molecular formula is C17H19N3O2S. The number of hydrogen-bond acceptors (Lipinski definition) is 5. The Hall–Kier alpha value is -2.00. The second-order valence-corrected chi connectivity index (χ2v) is 6.45. The van der Waals surface area contributed by atoms with Gasteiger partial charge in [-0.1, -0.05) is 25.0 Å². The number of hydrogen-bond donors (Lipinski definition) is 2. The summed E-state index contributed by atoms with van der Waals surface area (Å²) < 4.78 is 5.82. The van der Waals surface area contributed by atoms with E-state index in [1.54, 1.807) is 0 Å². The summed E-state index contributed by atoms with van der Waals surface area (Å²) in [5.41, 5.74) is 1.55. The van der Waals surface area contributed by atoms with Crippen molar-refractivity contribution >= 4 is 29.6 Å². The van der Waals surface area contributed by atoms with Crippen molar-refractivity contribution in [1.82, 2.24) is 10.3 Å². The topological polar surface area (TPSA) is 78.9 Å². The van der Waals surface area contributed by atoms with Crippen LogP contribution in [0.1, 0.15) is 36.8 Å². The quantitative estimate of drug-likeness (QED) is 0.666. The maximum absolute atomic E-state index is 12.3. The van der Waals surface area contributed by atoms with E-state index >= 15 is 0 Å². The van der Waals surface area contributed by atoms with Gasteiger partial charge in [-0.3, -0.25) is 4.79 Å². The van der Waals surface area contributed by atoms with Gasteiger partial charge in [0.05, 0.1) is 11.3 Å². The number of carbonyl (C=O) groups excluding carboxylic acids is 1. The summed E-state index contributed by atoms with van der Waals surface area (Å²) in [4.78, 5) is 16.8. The Balaban J connectivity index is 1.81. The van der Waals surface area contributed by atoms with E-state index in [1.165, 1.54) is 0 Å². The smallest absolute Gasteiger partial charge is 0.224 e. The Labute approximate surface area is 140 Å². The fraction of sp³-hybridized carbons (Fsp3) is 0.471. The van der Waals surface area contributed by atoms with Crippen LogP contribution in [-0.2, 0) is 4.79 Å². The van der Waals surface area contributed by atoms with Crippen molar-refractivity contribution in [3.63, 3.8) is 0 Å². The largest absolute Gasteiger partial charge is 0.439 e. The fourth-order valence-corrected chi connectivity index (χ4v) is 3.79. The first-order chi connectivity index (χ1) is 11.2. The molecule has 1 aliphatic carbocycles. The maximum atomic E-state index is 12.3. The van der Waals surface area contributed by atoms with Crippen LogP contribution in [0.5, 0.6) is 0 Å². The number of amides is 1. The minimum atomic E-state index is -0.222. The molecule has 0 spiro atoms. The molecule has 120 valence electrons. The molecule has 2 aromatic rings. The Morgan fingerprint density at radius 2 is 2.22 bits per heavy atom. The van der Waals surface area contributed by atoms with Gasteiger partial charge < -0.3 is 9.73 Å². The van der Waals surface area contributed by atoms with Gasteiger partial charge in [-0.2, -0.15) is 17.9 Å². The number of nitriles is 1. The Kier molecular flexibility index (Phi) is 4.87. The lowest BCUT2D eigenvalue weighted by Crippen LogP contribution is -2.38. The number of benzene rings is 1. The van der Waals surface area contributed by atoms with Gasteiger partial charge in [0.25, 0.3) is 0 Å². The van der Waals surface area contributed by atoms with Gasteiger partial charge in [0, 0.05) is 5.92 Å². The molecule has 1 aliphatic rings. The molecule has 0 saturated heterocycles. The number of aromatic nitrogens is 1. The third kappa shape index (κ3) is 3.35. The summed E-state index contributed by atoms with van der Waals surface area (Å²) in [6, 6.07) is 9.56. The first-order valence-corrected chi connectivity index (χ1v) is 8.40. The van der Waals surface area contributed by atoms with E-state index in [1.807, 2.05) is 30.3 Å². The zero-order chi connectivity index (χ0) is 16.2. The lowest BCUT2D eigenvalue weighted by molar-refractivity contribution is -0.127. The molecule has 3 atom stereocenters. The monoisotopic (exact) mass is 329 g/mol. The summed E-state index contributed by atoms with van der Waals surface area (Å²) in [7, 11) is 0. The van der Waals surface area contributed by atoms with Crippen LogP contribution in [0.25, 0.3) is 11.1 Å². The molecule has 1 heterocycles. The highest BCUT2D eigenvalue weighted by atomic mass is 32.1. The molecule has 3 rings (SSSR count). The van der Waals surface area contributed by atoms with Crippen LogP contribution >= 0.6 is 12.6 Å². The third-order valence-corrected chi connectivity index (χ3v) is 5.07. The minimum absolute atomic E-state index is 0.0438. The van der Waals surface area contributed by atoms with Crippen molar-refractivity contribution < 1.29 is 9.21 Å². The van der Waals surface area contributed by atoms with Gasteiger partial charge in [0.2, 0.25) is 11.8 Å². The zero-order valence-corrected chi connectivity index (χ0v) is 13.6. The lowest BCUT2D eigenvalue weighted by Gasteiger charge is -2.32. The van der Waals surface area contributed by atoms with Gasteiger partial charge >= 0.3 is 0 Å². The van der Waals surface area contributed by atoms with E-state index in [0.29, 0.717) is 5.89 Å². The van der Waals surface area contributed by atoms with Crippen molar-refractivity contribution in [2.24, 2.45) is 11.8 Å². The molecule has 0 radical (unpaired) electrons. The molecule has 1 N–H and O–H groups in total. The Morgan fingerprint density at radius 3 is 3.00 bits per heavy atom. The highest BCUT2D eigenvalue weighted by Gasteiger charge is 2.37. The van der Waals surface area contributed by atoms with Gasteiger partial charge in [-0.15, -0.1) is 0 Å². The second-order valence-electron chi connectivity index (χ2n) is 5.90. The van der Waals surface area contributed by atoms with Crippen molar-refractivity contribution in [2.75, 3.05) is 6.54 Å². The number of nitrogens with zero attached hydrogens (tertiary/aromatic N) is 2. The highest BCUT2D eigenvalue weighted by Crippen LogP contribution is 2.42. The number of rotatable bonds is 4. The molecule has 1 saturated carbocycles. The van der Waals surface area contributed by atoms with Crippen molar-refractivity contribution in [3.8, 4) is 6.07 Å². The standard InChI is InChI=1S/C17H19N3O2S/c18-9-10-19-16(21)12-6-2-1-5-11(12)15(23)17-20-13-7-3-4-8-14(13)22-17/h3-4,7-8,11-12,15,23H,1-2,5-6,10H2,(H,19,21). The molecule has 1 fully saturated rings. The predicted octanol–water partition coefficient (Wildman–Crippen LogP) is 3.24. The number of fused-ring (bicyclic) bond motifs is 1. The van der Waals surface area contributed by atoms with Gasteiger partial charge in [-0.25, -0.2) is 4.98 Å². The molecule has 0 bridgehead atoms. The molecule has 1 aromatic heterocycles. The number of nitrogens with one attached hydrogen (secondary N) is 1. The molecule has 23 heavy (non-hydrogen) atoms. The molecule has 0 aliphatic heterocycles. The van der Waals surface area contributed by atoms with E-state index in [2.05, 4.69) is 10.3 Å². The van der Waals surface area contributed by atoms with Crippen LogP contribution in [0.3, 0.4) is 0 Å². The normalized spacial score (nSPS) is 22.4. The third-order valence-electron chi connectivity index (χ3n) is 4.47. The SMILES string of the molecule is N#CCNC(=O)C1CCCCC1C(S)c1nc2ccccc2o1. The number of para-hydroxylation sites is 2.